The summed E-state index contributed by atoms with van der Waals surface area (Å²) < 4.78 is 31.7. The quantitative estimate of drug-likeness (QED) is 0.916. The molecular formula is C14H10BrF2NO2. The molecule has 0 spiro atoms. The molecule has 2 rings (SSSR count). The Bertz CT molecular complexity index is 641. The molecule has 0 heterocycles. The van der Waals surface area contributed by atoms with Crippen LogP contribution in [-0.2, 0) is 0 Å². The van der Waals surface area contributed by atoms with Crippen molar-refractivity contribution >= 4 is 27.5 Å². The van der Waals surface area contributed by atoms with E-state index in [0.717, 1.165) is 18.2 Å². The lowest BCUT2D eigenvalue weighted by molar-refractivity contribution is 0.102. The highest BCUT2D eigenvalue weighted by molar-refractivity contribution is 9.10. The molecule has 3 nitrogen and oxygen atoms in total. The maximum Gasteiger partial charge on any atom is 0.255 e. The zero-order valence-corrected chi connectivity index (χ0v) is 12.0. The summed E-state index contributed by atoms with van der Waals surface area (Å²) in [5, 5.41) is 2.42. The highest BCUT2D eigenvalue weighted by Crippen LogP contribution is 2.26. The van der Waals surface area contributed by atoms with E-state index in [9.17, 15) is 13.6 Å². The molecule has 0 atom stereocenters. The van der Waals surface area contributed by atoms with E-state index in [1.54, 1.807) is 18.2 Å². The Morgan fingerprint density at radius 3 is 2.35 bits per heavy atom. The van der Waals surface area contributed by atoms with Crippen molar-refractivity contribution in [2.45, 2.75) is 0 Å². The molecule has 20 heavy (non-hydrogen) atoms. The second kappa shape index (κ2) is 6.00. The Balaban J connectivity index is 2.21. The highest BCUT2D eigenvalue weighted by Gasteiger charge is 2.10. The number of amides is 1. The van der Waals surface area contributed by atoms with Crippen LogP contribution in [-0.4, -0.2) is 13.0 Å². The Kier molecular flexibility index (Phi) is 4.34. The van der Waals surface area contributed by atoms with E-state index >= 15 is 0 Å². The molecule has 0 aromatic heterocycles. The lowest BCUT2D eigenvalue weighted by Crippen LogP contribution is -2.12. The second-order valence-electron chi connectivity index (χ2n) is 3.96. The van der Waals surface area contributed by atoms with Gasteiger partial charge in [0, 0.05) is 17.3 Å². The summed E-state index contributed by atoms with van der Waals surface area (Å²) in [5.74, 6) is -1.40. The van der Waals surface area contributed by atoms with Crippen molar-refractivity contribution in [3.8, 4) is 5.75 Å². The summed E-state index contributed by atoms with van der Waals surface area (Å²) in [4.78, 5) is 12.0. The van der Waals surface area contributed by atoms with Gasteiger partial charge in [0.1, 0.15) is 17.4 Å². The van der Waals surface area contributed by atoms with E-state index in [4.69, 9.17) is 4.74 Å². The summed E-state index contributed by atoms with van der Waals surface area (Å²) in [5.41, 5.74) is 0.391. The number of rotatable bonds is 3. The Morgan fingerprint density at radius 1 is 1.15 bits per heavy atom. The van der Waals surface area contributed by atoms with Gasteiger partial charge in [0.05, 0.1) is 11.6 Å². The number of nitrogens with one attached hydrogen (secondary N) is 1. The molecule has 2 aromatic rings. The fraction of sp³-hybridized carbons (Fsp3) is 0.0714. The molecule has 0 radical (unpaired) electrons. The number of halogens is 3. The summed E-state index contributed by atoms with van der Waals surface area (Å²) in [6.07, 6.45) is 0. The van der Waals surface area contributed by atoms with Crippen LogP contribution in [0.5, 0.6) is 5.75 Å². The molecule has 0 aliphatic heterocycles. The SMILES string of the molecule is COc1ccc(C(=O)Nc2cc(F)cc(F)c2)cc1Br. The first kappa shape index (κ1) is 14.5. The molecule has 0 aliphatic rings. The molecule has 104 valence electrons. The average Bonchev–Trinajstić information content (AvgIpc) is 2.37. The molecule has 0 unspecified atom stereocenters. The van der Waals surface area contributed by atoms with Crippen molar-refractivity contribution in [1.82, 2.24) is 0 Å². The zero-order chi connectivity index (χ0) is 14.7. The van der Waals surface area contributed by atoms with Crippen LogP contribution in [0.1, 0.15) is 10.4 Å². The average molecular weight is 342 g/mol. The molecule has 2 aromatic carbocycles. The van der Waals surface area contributed by atoms with E-state index in [1.165, 1.54) is 7.11 Å². The monoisotopic (exact) mass is 341 g/mol. The van der Waals surface area contributed by atoms with Gasteiger partial charge in [-0.1, -0.05) is 0 Å². The number of benzene rings is 2. The number of methoxy groups -OCH3 is 1. The van der Waals surface area contributed by atoms with Crippen LogP contribution >= 0.6 is 15.9 Å². The Morgan fingerprint density at radius 2 is 1.80 bits per heavy atom. The third-order valence-corrected chi connectivity index (χ3v) is 3.15. The third-order valence-electron chi connectivity index (χ3n) is 2.53. The van der Waals surface area contributed by atoms with Gasteiger partial charge in [0.2, 0.25) is 0 Å². The lowest BCUT2D eigenvalue weighted by Gasteiger charge is -2.08. The van der Waals surface area contributed by atoms with Crippen LogP contribution in [0.15, 0.2) is 40.9 Å². The van der Waals surface area contributed by atoms with Gasteiger partial charge in [-0.05, 0) is 46.3 Å². The standard InChI is InChI=1S/C14H10BrF2NO2/c1-20-13-3-2-8(4-12(13)15)14(19)18-11-6-9(16)5-10(17)7-11/h2-7H,1H3,(H,18,19). The van der Waals surface area contributed by atoms with Gasteiger partial charge in [0.25, 0.3) is 5.91 Å². The fourth-order valence-electron chi connectivity index (χ4n) is 1.64. The first-order valence-electron chi connectivity index (χ1n) is 5.60. The number of carbonyl (C=O) groups is 1. The maximum atomic E-state index is 13.0. The normalized spacial score (nSPS) is 10.2. The summed E-state index contributed by atoms with van der Waals surface area (Å²) >= 11 is 3.26. The van der Waals surface area contributed by atoms with Gasteiger partial charge in [-0.2, -0.15) is 0 Å². The van der Waals surface area contributed by atoms with E-state index in [2.05, 4.69) is 21.2 Å². The number of carbonyl (C=O) groups excluding carboxylic acids is 1. The number of hydrogen-bond donors (Lipinski definition) is 1. The Hall–Kier alpha value is -1.95. The predicted octanol–water partition coefficient (Wildman–Crippen LogP) is 3.99. The second-order valence-corrected chi connectivity index (χ2v) is 4.82. The summed E-state index contributed by atoms with van der Waals surface area (Å²) in [6.45, 7) is 0. The van der Waals surface area contributed by atoms with Crippen molar-refractivity contribution in [1.29, 1.82) is 0 Å². The first-order chi connectivity index (χ1) is 9.49. The largest absolute Gasteiger partial charge is 0.496 e. The molecule has 0 aliphatic carbocycles. The fourth-order valence-corrected chi connectivity index (χ4v) is 2.18. The molecule has 0 saturated heterocycles. The van der Waals surface area contributed by atoms with Crippen LogP contribution in [0.3, 0.4) is 0 Å². The lowest BCUT2D eigenvalue weighted by atomic mass is 10.2. The van der Waals surface area contributed by atoms with Gasteiger partial charge in [-0.15, -0.1) is 0 Å². The van der Waals surface area contributed by atoms with Crippen molar-refractivity contribution < 1.29 is 18.3 Å². The number of hydrogen-bond acceptors (Lipinski definition) is 2. The minimum atomic E-state index is -0.754. The molecule has 0 fully saturated rings. The molecule has 1 amide bonds. The van der Waals surface area contributed by atoms with Crippen molar-refractivity contribution in [3.63, 3.8) is 0 Å². The van der Waals surface area contributed by atoms with E-state index in [1.807, 2.05) is 0 Å². The maximum absolute atomic E-state index is 13.0. The van der Waals surface area contributed by atoms with Crippen LogP contribution < -0.4 is 10.1 Å². The van der Waals surface area contributed by atoms with Gasteiger partial charge in [-0.3, -0.25) is 4.79 Å². The van der Waals surface area contributed by atoms with Crippen molar-refractivity contribution in [2.75, 3.05) is 12.4 Å². The van der Waals surface area contributed by atoms with E-state index in [-0.39, 0.29) is 5.69 Å². The Labute approximate surface area is 122 Å². The van der Waals surface area contributed by atoms with Crippen LogP contribution in [0.25, 0.3) is 0 Å². The van der Waals surface area contributed by atoms with Crippen LogP contribution in [0.2, 0.25) is 0 Å². The van der Waals surface area contributed by atoms with Crippen molar-refractivity contribution in [3.05, 3.63) is 58.1 Å². The molecule has 6 heteroatoms. The summed E-state index contributed by atoms with van der Waals surface area (Å²) in [7, 11) is 1.51. The smallest absolute Gasteiger partial charge is 0.255 e. The zero-order valence-electron chi connectivity index (χ0n) is 10.4. The van der Waals surface area contributed by atoms with Gasteiger partial charge < -0.3 is 10.1 Å². The van der Waals surface area contributed by atoms with Crippen molar-refractivity contribution in [2.24, 2.45) is 0 Å². The molecular weight excluding hydrogens is 332 g/mol. The minimum Gasteiger partial charge on any atom is -0.496 e. The van der Waals surface area contributed by atoms with Gasteiger partial charge in [-0.25, -0.2) is 8.78 Å². The van der Waals surface area contributed by atoms with Gasteiger partial charge >= 0.3 is 0 Å². The topological polar surface area (TPSA) is 38.3 Å². The van der Waals surface area contributed by atoms with E-state index < -0.39 is 17.5 Å². The van der Waals surface area contributed by atoms with Gasteiger partial charge in [0.15, 0.2) is 0 Å². The third kappa shape index (κ3) is 3.33. The van der Waals surface area contributed by atoms with Crippen LogP contribution in [0, 0.1) is 11.6 Å². The number of anilines is 1. The molecule has 1 N–H and O–H groups in total. The minimum absolute atomic E-state index is 0.0550. The molecule has 0 bridgehead atoms. The first-order valence-corrected chi connectivity index (χ1v) is 6.40. The number of ether oxygens (including phenoxy) is 1. The molecule has 0 saturated carbocycles. The van der Waals surface area contributed by atoms with Crippen LogP contribution in [0.4, 0.5) is 14.5 Å². The highest BCUT2D eigenvalue weighted by atomic mass is 79.9. The predicted molar refractivity (Wildman–Crippen MR) is 75.0 cm³/mol. The summed E-state index contributed by atoms with van der Waals surface area (Å²) in [6, 6.07) is 7.54. The van der Waals surface area contributed by atoms with E-state index in [0.29, 0.717) is 15.8 Å².